The van der Waals surface area contributed by atoms with Crippen molar-refractivity contribution >= 4 is 41.0 Å². The van der Waals surface area contributed by atoms with Gasteiger partial charge in [0, 0.05) is 24.9 Å². The number of aromatic nitrogens is 2. The van der Waals surface area contributed by atoms with Crippen molar-refractivity contribution < 1.29 is 28.3 Å². The zero-order valence-electron chi connectivity index (χ0n) is 35.3. The predicted molar refractivity (Wildman–Crippen MR) is 234 cm³/mol. The molecule has 60 heavy (non-hydrogen) atoms. The normalized spacial score (nSPS) is 19.0. The van der Waals surface area contributed by atoms with Crippen LogP contribution in [0, 0.1) is 0 Å². The van der Waals surface area contributed by atoms with Crippen molar-refractivity contribution in [1.29, 1.82) is 0 Å². The lowest BCUT2D eigenvalue weighted by Gasteiger charge is -2.45. The van der Waals surface area contributed by atoms with Gasteiger partial charge >= 0.3 is 0 Å². The number of anilines is 2. The monoisotopic (exact) mass is 847 g/mol. The first-order valence-corrected chi connectivity index (χ1v) is 21.9. The van der Waals surface area contributed by atoms with Crippen LogP contribution in [0.4, 0.5) is 11.6 Å². The number of nitrogens with zero attached hydrogens (tertiary/aromatic N) is 5. The third kappa shape index (κ3) is 13.7. The molecule has 4 heterocycles. The number of ether oxygens (including phenoxy) is 2. The van der Waals surface area contributed by atoms with E-state index < -0.39 is 5.91 Å². The fourth-order valence-electron chi connectivity index (χ4n) is 8.71. The molecule has 1 atom stereocenters. The average Bonchev–Trinajstić information content (AvgIpc) is 3.23. The Morgan fingerprint density at radius 3 is 1.67 bits per heavy atom. The Bertz CT molecular complexity index is 1780. The Kier molecular flexibility index (Phi) is 16.2. The van der Waals surface area contributed by atoms with Gasteiger partial charge < -0.3 is 51.2 Å². The first-order valence-electron chi connectivity index (χ1n) is 21.6. The lowest BCUT2D eigenvalue weighted by molar-refractivity contribution is -0.933. The number of piperidine rings is 3. The van der Waals surface area contributed by atoms with Crippen molar-refractivity contribution in [1.82, 2.24) is 35.7 Å². The molecule has 1 unspecified atom stereocenters. The zero-order chi connectivity index (χ0) is 42.5. The van der Waals surface area contributed by atoms with Crippen LogP contribution in [-0.4, -0.2) is 140 Å². The highest BCUT2D eigenvalue weighted by atomic mass is 35.5. The standard InChI is InChI=1S/C44H63ClN10O5/c1-53-21-17-33(18-22-53)48-38(56)29-59-36-13-9-31(10-14-36)6-3-25-55(27-5-8-35(28-55)50-44(58)40-42(46)52-43(47)41(45)51-40)26-4-7-32-11-15-37(16-12-32)60-30-39(57)49-34-19-23-54(2)24-20-34/h9-16,33-35H,3-8,17-30H2,1-2H3,(H6-,46,47,48,49,50,52,56,57,58)/p+1. The number of carbonyl (C=O) groups excluding carboxylic acids is 3. The number of quaternary nitrogens is 1. The highest BCUT2D eigenvalue weighted by molar-refractivity contribution is 6.31. The summed E-state index contributed by atoms with van der Waals surface area (Å²) in [6.07, 6.45) is 9.35. The van der Waals surface area contributed by atoms with Crippen LogP contribution in [0.5, 0.6) is 11.5 Å². The zero-order valence-corrected chi connectivity index (χ0v) is 36.1. The second kappa shape index (κ2) is 21.7. The number of amides is 3. The SMILES string of the molecule is CN1CCC(NC(=O)COc2ccc(CCC[N+]3(CCCc4ccc(OCC(=O)NC5CCN(C)CC5)cc4)CCCC(NC(=O)c4nc(Cl)c(N)nc4N)C3)cc2)CC1. The molecule has 6 rings (SSSR count). The quantitative estimate of drug-likeness (QED) is 0.118. The molecule has 0 saturated carbocycles. The first-order chi connectivity index (χ1) is 28.9. The van der Waals surface area contributed by atoms with E-state index in [-0.39, 0.29) is 65.6 Å². The van der Waals surface area contributed by atoms with Gasteiger partial charge in [-0.25, -0.2) is 9.97 Å². The van der Waals surface area contributed by atoms with Crippen molar-refractivity contribution in [3.63, 3.8) is 0 Å². The van der Waals surface area contributed by atoms with E-state index >= 15 is 0 Å². The minimum absolute atomic E-state index is 0.00334. The number of nitrogens with two attached hydrogens (primary N) is 2. The molecule has 3 aromatic rings. The van der Waals surface area contributed by atoms with Gasteiger partial charge in [0.15, 0.2) is 35.7 Å². The first kappa shape index (κ1) is 44.8. The van der Waals surface area contributed by atoms with Crippen LogP contribution in [0.2, 0.25) is 5.15 Å². The summed E-state index contributed by atoms with van der Waals surface area (Å²) >= 11 is 6.09. The predicted octanol–water partition coefficient (Wildman–Crippen LogP) is 3.45. The minimum atomic E-state index is -0.407. The number of hydrogen-bond acceptors (Lipinski definition) is 11. The van der Waals surface area contributed by atoms with Crippen molar-refractivity contribution in [2.75, 3.05) is 91.1 Å². The smallest absolute Gasteiger partial charge is 0.274 e. The molecule has 7 N–H and O–H groups in total. The number of carbonyl (C=O) groups is 3. The van der Waals surface area contributed by atoms with E-state index in [0.717, 1.165) is 121 Å². The van der Waals surface area contributed by atoms with Crippen LogP contribution >= 0.6 is 11.6 Å². The van der Waals surface area contributed by atoms with Gasteiger partial charge in [-0.15, -0.1) is 0 Å². The van der Waals surface area contributed by atoms with Gasteiger partial charge in [-0.2, -0.15) is 0 Å². The van der Waals surface area contributed by atoms with Gasteiger partial charge in [-0.05, 0) is 127 Å². The van der Waals surface area contributed by atoms with Crippen LogP contribution in [-0.2, 0) is 22.4 Å². The molecule has 0 bridgehead atoms. The van der Waals surface area contributed by atoms with Gasteiger partial charge in [-0.3, -0.25) is 14.4 Å². The maximum absolute atomic E-state index is 13.4. The van der Waals surface area contributed by atoms with E-state index in [1.54, 1.807) is 0 Å². The van der Waals surface area contributed by atoms with Gasteiger partial charge in [0.25, 0.3) is 17.7 Å². The van der Waals surface area contributed by atoms with Gasteiger partial charge in [0.1, 0.15) is 11.5 Å². The van der Waals surface area contributed by atoms with Crippen LogP contribution in [0.1, 0.15) is 73.0 Å². The van der Waals surface area contributed by atoms with E-state index in [1.165, 1.54) is 11.1 Å². The van der Waals surface area contributed by atoms with E-state index in [9.17, 15) is 14.4 Å². The van der Waals surface area contributed by atoms with Gasteiger partial charge in [0.05, 0.1) is 32.2 Å². The summed E-state index contributed by atoms with van der Waals surface area (Å²) in [4.78, 5) is 51.0. The summed E-state index contributed by atoms with van der Waals surface area (Å²) in [5, 5.41) is 9.32. The van der Waals surface area contributed by atoms with Gasteiger partial charge in [0.2, 0.25) is 0 Å². The Labute approximate surface area is 359 Å². The third-order valence-electron chi connectivity index (χ3n) is 12.2. The number of nitrogens with one attached hydrogen (secondary N) is 3. The Balaban J connectivity index is 1.01. The summed E-state index contributed by atoms with van der Waals surface area (Å²) in [5.74, 6) is 0.712. The molecule has 0 radical (unpaired) electrons. The molecular formula is C44H64ClN10O5+. The maximum atomic E-state index is 13.4. The van der Waals surface area contributed by atoms with Crippen molar-refractivity contribution in [2.24, 2.45) is 0 Å². The molecule has 0 spiro atoms. The fourth-order valence-corrected chi connectivity index (χ4v) is 8.83. The van der Waals surface area contributed by atoms with E-state index in [2.05, 4.69) is 74.1 Å². The molecular weight excluding hydrogens is 784 g/mol. The van der Waals surface area contributed by atoms with Crippen molar-refractivity contribution in [3.05, 3.63) is 70.5 Å². The number of likely N-dealkylation sites (tertiary alicyclic amines) is 3. The summed E-state index contributed by atoms with van der Waals surface area (Å²) in [6.45, 7) is 7.65. The van der Waals surface area contributed by atoms with Crippen molar-refractivity contribution in [2.45, 2.75) is 82.3 Å². The Hall–Kier alpha value is -4.70. The Morgan fingerprint density at radius 1 is 0.700 bits per heavy atom. The van der Waals surface area contributed by atoms with E-state index in [4.69, 9.17) is 32.5 Å². The molecule has 3 saturated heterocycles. The molecule has 3 aliphatic heterocycles. The van der Waals surface area contributed by atoms with E-state index in [1.807, 2.05) is 24.3 Å². The molecule has 16 heteroatoms. The molecule has 3 aliphatic rings. The van der Waals surface area contributed by atoms with Crippen LogP contribution in [0.3, 0.4) is 0 Å². The second-order valence-electron chi connectivity index (χ2n) is 17.0. The highest BCUT2D eigenvalue weighted by Crippen LogP contribution is 2.25. The summed E-state index contributed by atoms with van der Waals surface area (Å²) in [5.41, 5.74) is 14.2. The molecule has 3 amide bonds. The average molecular weight is 849 g/mol. The number of benzene rings is 2. The third-order valence-corrected chi connectivity index (χ3v) is 12.5. The fraction of sp³-hybridized carbons (Fsp3) is 0.568. The lowest BCUT2D eigenvalue weighted by Crippen LogP contribution is -2.60. The topological polar surface area (TPSA) is 190 Å². The number of rotatable bonds is 18. The van der Waals surface area contributed by atoms with Crippen LogP contribution in [0.25, 0.3) is 0 Å². The molecule has 2 aromatic carbocycles. The Morgan fingerprint density at radius 2 is 1.18 bits per heavy atom. The van der Waals surface area contributed by atoms with E-state index in [0.29, 0.717) is 11.5 Å². The van der Waals surface area contributed by atoms with Gasteiger partial charge in [-0.1, -0.05) is 35.9 Å². The lowest BCUT2D eigenvalue weighted by atomic mass is 9.99. The molecule has 0 aliphatic carbocycles. The number of nitrogen functional groups attached to an aromatic ring is 2. The molecule has 326 valence electrons. The molecule has 1 aromatic heterocycles. The number of halogens is 1. The minimum Gasteiger partial charge on any atom is -0.484 e. The second-order valence-corrected chi connectivity index (χ2v) is 17.4. The van der Waals surface area contributed by atoms with Crippen molar-refractivity contribution in [3.8, 4) is 11.5 Å². The maximum Gasteiger partial charge on any atom is 0.274 e. The summed E-state index contributed by atoms with van der Waals surface area (Å²) in [6, 6.07) is 16.4. The highest BCUT2D eigenvalue weighted by Gasteiger charge is 2.36. The summed E-state index contributed by atoms with van der Waals surface area (Å²) in [7, 11) is 4.21. The molecule has 3 fully saturated rings. The summed E-state index contributed by atoms with van der Waals surface area (Å²) < 4.78 is 12.5. The number of aryl methyl sites for hydroxylation is 2. The number of hydrogen-bond donors (Lipinski definition) is 5. The molecule has 15 nitrogen and oxygen atoms in total. The van der Waals surface area contributed by atoms with Crippen LogP contribution in [0.15, 0.2) is 48.5 Å². The largest absolute Gasteiger partial charge is 0.484 e. The van der Waals surface area contributed by atoms with Crippen LogP contribution < -0.4 is 36.9 Å².